The number of carbonyl (C=O) groups excluding carboxylic acids is 1. The normalized spacial score (nSPS) is 15.9. The number of hydrogen-bond donors (Lipinski definition) is 0. The number of benzene rings is 3. The summed E-state index contributed by atoms with van der Waals surface area (Å²) in [6.45, 7) is 4.65. The van der Waals surface area contributed by atoms with E-state index in [1.54, 1.807) is 23.5 Å². The van der Waals surface area contributed by atoms with Crippen LogP contribution in [0.15, 0.2) is 83.1 Å². The second-order valence-corrected chi connectivity index (χ2v) is 12.2. The Morgan fingerprint density at radius 3 is 2.56 bits per heavy atom. The summed E-state index contributed by atoms with van der Waals surface area (Å²) in [6, 6.07) is 22.9. The number of hydrogen-bond acceptors (Lipinski definition) is 4. The maximum Gasteiger partial charge on any atom is 0.244 e. The number of amides is 1. The largest absolute Gasteiger partial charge is 0.330 e. The van der Waals surface area contributed by atoms with Crippen molar-refractivity contribution in [2.75, 3.05) is 19.6 Å². The molecule has 0 radical (unpaired) electrons. The van der Waals surface area contributed by atoms with Crippen LogP contribution in [0.2, 0.25) is 0 Å². The van der Waals surface area contributed by atoms with Gasteiger partial charge in [-0.3, -0.25) is 4.79 Å². The van der Waals surface area contributed by atoms with Crippen molar-refractivity contribution in [3.8, 4) is 0 Å². The highest BCUT2D eigenvalue weighted by molar-refractivity contribution is 7.89. The Bertz CT molecular complexity index is 1490. The van der Waals surface area contributed by atoms with Crippen LogP contribution in [-0.2, 0) is 21.2 Å². The molecule has 1 atom stereocenters. The Morgan fingerprint density at radius 2 is 1.78 bits per heavy atom. The molecule has 0 bridgehead atoms. The van der Waals surface area contributed by atoms with E-state index < -0.39 is 10.0 Å². The van der Waals surface area contributed by atoms with Gasteiger partial charge in [0, 0.05) is 23.4 Å². The minimum Gasteiger partial charge on any atom is -0.330 e. The zero-order valence-electron chi connectivity index (χ0n) is 20.6. The summed E-state index contributed by atoms with van der Waals surface area (Å²) in [4.78, 5) is 17.2. The number of sulfonamides is 1. The zero-order valence-corrected chi connectivity index (χ0v) is 22.2. The lowest BCUT2D eigenvalue weighted by Crippen LogP contribution is -2.47. The summed E-state index contributed by atoms with van der Waals surface area (Å²) >= 11 is 1.72. The highest BCUT2D eigenvalue weighted by Crippen LogP contribution is 2.38. The summed E-state index contributed by atoms with van der Waals surface area (Å²) in [5.74, 6) is -0.172. The number of rotatable bonds is 7. The van der Waals surface area contributed by atoms with Gasteiger partial charge in [-0.2, -0.15) is 4.31 Å². The van der Waals surface area contributed by atoms with Gasteiger partial charge in [0.05, 0.1) is 17.5 Å². The fraction of sp³-hybridized carbons (Fsp3) is 0.276. The number of carbonyl (C=O) groups is 1. The lowest BCUT2D eigenvalue weighted by molar-refractivity contribution is -0.133. The summed E-state index contributed by atoms with van der Waals surface area (Å²) in [5, 5.41) is 3.61. The summed E-state index contributed by atoms with van der Waals surface area (Å²) in [7, 11) is -3.87. The Morgan fingerprint density at radius 1 is 1.03 bits per heavy atom. The lowest BCUT2D eigenvalue weighted by atomic mass is 9.92. The van der Waals surface area contributed by atoms with Crippen LogP contribution in [0.5, 0.6) is 0 Å². The van der Waals surface area contributed by atoms with E-state index in [0.717, 1.165) is 28.5 Å². The molecule has 4 aromatic rings. The highest BCUT2D eigenvalue weighted by atomic mass is 32.2. The van der Waals surface area contributed by atoms with Crippen molar-refractivity contribution < 1.29 is 13.2 Å². The molecule has 5 rings (SSSR count). The van der Waals surface area contributed by atoms with Crippen LogP contribution in [-0.4, -0.2) is 43.2 Å². The molecule has 0 unspecified atom stereocenters. The van der Waals surface area contributed by atoms with Crippen molar-refractivity contribution >= 4 is 38.0 Å². The Hall–Kier alpha value is -3.00. The number of aryl methyl sites for hydroxylation is 1. The van der Waals surface area contributed by atoms with Crippen molar-refractivity contribution in [2.45, 2.75) is 37.6 Å². The number of nitrogens with zero attached hydrogens (tertiary/aromatic N) is 2. The van der Waals surface area contributed by atoms with Gasteiger partial charge in [-0.25, -0.2) is 8.42 Å². The molecule has 0 saturated heterocycles. The van der Waals surface area contributed by atoms with Gasteiger partial charge in [0.25, 0.3) is 0 Å². The van der Waals surface area contributed by atoms with E-state index in [1.165, 1.54) is 9.18 Å². The third-order valence-electron chi connectivity index (χ3n) is 6.83. The maximum absolute atomic E-state index is 13.9. The molecule has 1 aromatic heterocycles. The second-order valence-electron chi connectivity index (χ2n) is 9.27. The van der Waals surface area contributed by atoms with Crippen molar-refractivity contribution in [2.24, 2.45) is 0 Å². The number of thiophene rings is 1. The first-order valence-electron chi connectivity index (χ1n) is 12.3. The van der Waals surface area contributed by atoms with Gasteiger partial charge < -0.3 is 4.90 Å². The van der Waals surface area contributed by atoms with Gasteiger partial charge in [0.1, 0.15) is 0 Å². The van der Waals surface area contributed by atoms with Gasteiger partial charge in [0.15, 0.2) is 0 Å². The predicted octanol–water partition coefficient (Wildman–Crippen LogP) is 5.78. The van der Waals surface area contributed by atoms with Crippen LogP contribution in [0.3, 0.4) is 0 Å². The van der Waals surface area contributed by atoms with E-state index in [-0.39, 0.29) is 29.9 Å². The summed E-state index contributed by atoms with van der Waals surface area (Å²) < 4.78 is 29.1. The van der Waals surface area contributed by atoms with Gasteiger partial charge in [-0.1, -0.05) is 73.2 Å². The monoisotopic (exact) mass is 518 g/mol. The first-order valence-corrected chi connectivity index (χ1v) is 14.6. The van der Waals surface area contributed by atoms with Crippen LogP contribution in [0.4, 0.5) is 0 Å². The molecule has 0 N–H and O–H groups in total. The van der Waals surface area contributed by atoms with Crippen LogP contribution in [0, 0.1) is 6.92 Å². The predicted molar refractivity (Wildman–Crippen MR) is 146 cm³/mol. The zero-order chi connectivity index (χ0) is 25.3. The standard InChI is InChI=1S/C29H30N2O3S2/c1-3-17-30(36(33,34)27-10-6-8-22-7-4-5-9-24(22)27)20-28(32)31-18-15-26-25(16-19-35-26)29(31)23-13-11-21(2)12-14-23/h4-14,16,19,29H,3,15,17-18,20H2,1-2H3/t29-/m0/s1. The van der Waals surface area contributed by atoms with Crippen LogP contribution >= 0.6 is 11.3 Å². The molecule has 5 nitrogen and oxygen atoms in total. The van der Waals surface area contributed by atoms with E-state index in [0.29, 0.717) is 18.4 Å². The molecule has 0 spiro atoms. The summed E-state index contributed by atoms with van der Waals surface area (Å²) in [6.07, 6.45) is 1.40. The molecule has 0 fully saturated rings. The van der Waals surface area contributed by atoms with E-state index in [4.69, 9.17) is 0 Å². The fourth-order valence-electron chi connectivity index (χ4n) is 5.03. The third kappa shape index (κ3) is 4.59. The molecule has 3 aromatic carbocycles. The summed E-state index contributed by atoms with van der Waals surface area (Å²) in [5.41, 5.74) is 3.35. The molecule has 0 aliphatic carbocycles. The van der Waals surface area contributed by atoms with Crippen LogP contribution < -0.4 is 0 Å². The molecule has 2 heterocycles. The highest BCUT2D eigenvalue weighted by Gasteiger charge is 2.35. The van der Waals surface area contributed by atoms with Crippen LogP contribution in [0.25, 0.3) is 10.8 Å². The molecule has 7 heteroatoms. The smallest absolute Gasteiger partial charge is 0.244 e. The topological polar surface area (TPSA) is 57.7 Å². The molecule has 0 saturated carbocycles. The molecule has 1 amide bonds. The van der Waals surface area contributed by atoms with Crippen molar-refractivity contribution in [1.29, 1.82) is 0 Å². The average Bonchev–Trinajstić information content (AvgIpc) is 3.37. The molecular weight excluding hydrogens is 488 g/mol. The SMILES string of the molecule is CCCN(CC(=O)N1CCc2sccc2[C@@H]1c1ccc(C)cc1)S(=O)(=O)c1cccc2ccccc12. The first kappa shape index (κ1) is 24.7. The van der Waals surface area contributed by atoms with Gasteiger partial charge in [-0.05, 0) is 53.8 Å². The Balaban J connectivity index is 1.49. The molecule has 1 aliphatic heterocycles. The second kappa shape index (κ2) is 10.2. The van der Waals surface area contributed by atoms with Gasteiger partial charge in [-0.15, -0.1) is 11.3 Å². The van der Waals surface area contributed by atoms with Crippen molar-refractivity contribution in [1.82, 2.24) is 9.21 Å². The van der Waals surface area contributed by atoms with Gasteiger partial charge in [0.2, 0.25) is 15.9 Å². The molecule has 186 valence electrons. The van der Waals surface area contributed by atoms with Crippen LogP contribution in [0.1, 0.15) is 41.0 Å². The van der Waals surface area contributed by atoms with Crippen molar-refractivity contribution in [3.05, 3.63) is 99.7 Å². The van der Waals surface area contributed by atoms with E-state index in [1.807, 2.05) is 49.1 Å². The Labute approximate surface area is 217 Å². The van der Waals surface area contributed by atoms with E-state index in [2.05, 4.69) is 35.7 Å². The van der Waals surface area contributed by atoms with E-state index in [9.17, 15) is 13.2 Å². The fourth-order valence-corrected chi connectivity index (χ4v) is 7.63. The molecule has 1 aliphatic rings. The minimum absolute atomic E-state index is 0.172. The molecular formula is C29H30N2O3S2. The molecule has 36 heavy (non-hydrogen) atoms. The van der Waals surface area contributed by atoms with Crippen molar-refractivity contribution in [3.63, 3.8) is 0 Å². The third-order valence-corrected chi connectivity index (χ3v) is 9.73. The lowest BCUT2D eigenvalue weighted by Gasteiger charge is -2.37. The quantitative estimate of drug-likeness (QED) is 0.311. The van der Waals surface area contributed by atoms with Gasteiger partial charge >= 0.3 is 0 Å². The first-order chi connectivity index (χ1) is 17.4. The maximum atomic E-state index is 13.9. The Kier molecular flexibility index (Phi) is 6.97. The van der Waals surface area contributed by atoms with E-state index >= 15 is 0 Å². The minimum atomic E-state index is -3.87. The average molecular weight is 519 g/mol. The number of fused-ring (bicyclic) bond motifs is 2.